The van der Waals surface area contributed by atoms with Crippen LogP contribution in [0.1, 0.15) is 19.8 Å². The normalized spacial score (nSPS) is 19.5. The molecule has 2 nitrogen and oxygen atoms in total. The van der Waals surface area contributed by atoms with E-state index in [-0.39, 0.29) is 0 Å². The maximum Gasteiger partial charge on any atom is 0.118 e. The van der Waals surface area contributed by atoms with Gasteiger partial charge in [-0.3, -0.25) is 4.99 Å². The Morgan fingerprint density at radius 1 is 1.60 bits per heavy atom. The van der Waals surface area contributed by atoms with Crippen molar-refractivity contribution in [3.8, 4) is 0 Å². The van der Waals surface area contributed by atoms with Crippen LogP contribution in [0.3, 0.4) is 0 Å². The molecule has 0 aromatic carbocycles. The summed E-state index contributed by atoms with van der Waals surface area (Å²) >= 11 is 0. The van der Waals surface area contributed by atoms with Crippen molar-refractivity contribution in [3.05, 3.63) is 23.6 Å². The van der Waals surface area contributed by atoms with E-state index in [9.17, 15) is 5.11 Å². The molecule has 0 spiro atoms. The predicted octanol–water partition coefficient (Wildman–Crippen LogP) is 2.20. The summed E-state index contributed by atoms with van der Waals surface area (Å²) in [5.74, 6) is 0.378. The molecular weight excluding hydrogens is 126 g/mol. The Kier molecular flexibility index (Phi) is 1.90. The summed E-state index contributed by atoms with van der Waals surface area (Å²) < 4.78 is 0. The lowest BCUT2D eigenvalue weighted by atomic mass is 10.2. The Bertz CT molecular complexity index is 213. The van der Waals surface area contributed by atoms with E-state index in [1.54, 1.807) is 6.21 Å². The van der Waals surface area contributed by atoms with Crippen molar-refractivity contribution in [2.24, 2.45) is 4.99 Å². The minimum absolute atomic E-state index is 0.378. The van der Waals surface area contributed by atoms with Crippen LogP contribution in [-0.4, -0.2) is 11.3 Å². The van der Waals surface area contributed by atoms with Crippen molar-refractivity contribution in [2.75, 3.05) is 0 Å². The molecule has 0 saturated carbocycles. The van der Waals surface area contributed by atoms with E-state index in [1.165, 1.54) is 0 Å². The second-order valence-corrected chi connectivity index (χ2v) is 2.29. The SMILES string of the molecule is C=C1CCC(O)=C1N=CC. The maximum atomic E-state index is 9.20. The lowest BCUT2D eigenvalue weighted by molar-refractivity contribution is 0.393. The summed E-state index contributed by atoms with van der Waals surface area (Å²) in [4.78, 5) is 3.99. The number of allylic oxidation sites excluding steroid dienone is 2. The van der Waals surface area contributed by atoms with E-state index in [2.05, 4.69) is 11.6 Å². The van der Waals surface area contributed by atoms with Crippen molar-refractivity contribution in [2.45, 2.75) is 19.8 Å². The third-order valence-electron chi connectivity index (χ3n) is 1.53. The van der Waals surface area contributed by atoms with Gasteiger partial charge in [0.05, 0.1) is 0 Å². The topological polar surface area (TPSA) is 32.6 Å². The maximum absolute atomic E-state index is 9.20. The number of rotatable bonds is 1. The molecule has 1 rings (SSSR count). The molecule has 2 heteroatoms. The first-order valence-corrected chi connectivity index (χ1v) is 3.34. The first-order chi connectivity index (χ1) is 4.75. The highest BCUT2D eigenvalue weighted by molar-refractivity contribution is 5.58. The molecule has 0 saturated heterocycles. The van der Waals surface area contributed by atoms with Crippen LogP contribution >= 0.6 is 0 Å². The van der Waals surface area contributed by atoms with E-state index in [0.717, 1.165) is 12.0 Å². The third kappa shape index (κ3) is 1.10. The summed E-state index contributed by atoms with van der Waals surface area (Å²) in [5.41, 5.74) is 1.62. The van der Waals surface area contributed by atoms with Crippen LogP contribution in [0, 0.1) is 0 Å². The standard InChI is InChI=1S/C8H11NO/c1-3-9-8-6(2)4-5-7(8)10/h3,10H,2,4-5H2,1H3. The van der Waals surface area contributed by atoms with Gasteiger partial charge in [-0.25, -0.2) is 0 Å². The van der Waals surface area contributed by atoms with E-state index >= 15 is 0 Å². The largest absolute Gasteiger partial charge is 0.510 e. The van der Waals surface area contributed by atoms with Crippen LogP contribution < -0.4 is 0 Å². The zero-order chi connectivity index (χ0) is 7.56. The molecule has 1 N–H and O–H groups in total. The van der Waals surface area contributed by atoms with Gasteiger partial charge < -0.3 is 5.11 Å². The molecule has 0 unspecified atom stereocenters. The molecule has 1 aliphatic rings. The zero-order valence-electron chi connectivity index (χ0n) is 6.09. The van der Waals surface area contributed by atoms with Crippen molar-refractivity contribution in [3.63, 3.8) is 0 Å². The average molecular weight is 137 g/mol. The molecule has 10 heavy (non-hydrogen) atoms. The van der Waals surface area contributed by atoms with E-state index in [0.29, 0.717) is 17.9 Å². The molecule has 0 aromatic heterocycles. The highest BCUT2D eigenvalue weighted by Crippen LogP contribution is 2.28. The molecule has 0 bridgehead atoms. The molecule has 0 atom stereocenters. The Morgan fingerprint density at radius 3 is 2.70 bits per heavy atom. The van der Waals surface area contributed by atoms with Gasteiger partial charge in [0, 0.05) is 12.6 Å². The minimum atomic E-state index is 0.378. The molecular formula is C8H11NO. The second kappa shape index (κ2) is 2.69. The van der Waals surface area contributed by atoms with Crippen LogP contribution in [0.4, 0.5) is 0 Å². The molecule has 0 fully saturated rings. The molecule has 54 valence electrons. The van der Waals surface area contributed by atoms with Gasteiger partial charge in [0.25, 0.3) is 0 Å². The highest BCUT2D eigenvalue weighted by atomic mass is 16.3. The Balaban J connectivity index is 2.88. The third-order valence-corrected chi connectivity index (χ3v) is 1.53. The Labute approximate surface area is 60.6 Å². The first kappa shape index (κ1) is 7.06. The van der Waals surface area contributed by atoms with Crippen molar-refractivity contribution in [1.82, 2.24) is 0 Å². The molecule has 0 heterocycles. The van der Waals surface area contributed by atoms with Crippen molar-refractivity contribution >= 4 is 6.21 Å². The number of aliphatic hydroxyl groups is 1. The van der Waals surface area contributed by atoms with Crippen molar-refractivity contribution < 1.29 is 5.11 Å². The molecule has 1 aliphatic carbocycles. The van der Waals surface area contributed by atoms with Crippen LogP contribution in [-0.2, 0) is 0 Å². The molecule has 0 aromatic rings. The van der Waals surface area contributed by atoms with Gasteiger partial charge in [-0.1, -0.05) is 6.58 Å². The van der Waals surface area contributed by atoms with E-state index < -0.39 is 0 Å². The summed E-state index contributed by atoms with van der Waals surface area (Å²) in [6.45, 7) is 5.60. The van der Waals surface area contributed by atoms with Gasteiger partial charge in [-0.15, -0.1) is 0 Å². The molecule has 0 amide bonds. The van der Waals surface area contributed by atoms with Crippen LogP contribution in [0.25, 0.3) is 0 Å². The lowest BCUT2D eigenvalue weighted by Crippen LogP contribution is -1.79. The van der Waals surface area contributed by atoms with Gasteiger partial charge >= 0.3 is 0 Å². The van der Waals surface area contributed by atoms with E-state index in [4.69, 9.17) is 0 Å². The predicted molar refractivity (Wildman–Crippen MR) is 42.2 cm³/mol. The average Bonchev–Trinajstić information content (AvgIpc) is 2.20. The van der Waals surface area contributed by atoms with Gasteiger partial charge in [0.1, 0.15) is 11.5 Å². The van der Waals surface area contributed by atoms with Crippen LogP contribution in [0.2, 0.25) is 0 Å². The van der Waals surface area contributed by atoms with Crippen LogP contribution in [0.5, 0.6) is 0 Å². The first-order valence-electron chi connectivity index (χ1n) is 3.34. The summed E-state index contributed by atoms with van der Waals surface area (Å²) in [5, 5.41) is 9.20. The fourth-order valence-electron chi connectivity index (χ4n) is 1.01. The Morgan fingerprint density at radius 2 is 2.30 bits per heavy atom. The summed E-state index contributed by atoms with van der Waals surface area (Å²) in [7, 11) is 0. The smallest absolute Gasteiger partial charge is 0.118 e. The second-order valence-electron chi connectivity index (χ2n) is 2.29. The van der Waals surface area contributed by atoms with E-state index in [1.807, 2.05) is 6.92 Å². The lowest BCUT2D eigenvalue weighted by Gasteiger charge is -1.93. The summed E-state index contributed by atoms with van der Waals surface area (Å²) in [6.07, 6.45) is 3.21. The summed E-state index contributed by atoms with van der Waals surface area (Å²) in [6, 6.07) is 0. The number of nitrogens with zero attached hydrogens (tertiary/aromatic N) is 1. The Hall–Kier alpha value is -1.05. The highest BCUT2D eigenvalue weighted by Gasteiger charge is 2.15. The monoisotopic (exact) mass is 137 g/mol. The molecule has 0 radical (unpaired) electrons. The number of aliphatic hydroxyl groups excluding tert-OH is 1. The number of hydrogen-bond donors (Lipinski definition) is 1. The fourth-order valence-corrected chi connectivity index (χ4v) is 1.01. The zero-order valence-corrected chi connectivity index (χ0v) is 6.09. The van der Waals surface area contributed by atoms with Gasteiger partial charge in [0.15, 0.2) is 0 Å². The van der Waals surface area contributed by atoms with Gasteiger partial charge in [0.2, 0.25) is 0 Å². The van der Waals surface area contributed by atoms with Gasteiger partial charge in [-0.05, 0) is 18.9 Å². The number of aliphatic imine (C=N–C) groups is 1. The van der Waals surface area contributed by atoms with Gasteiger partial charge in [-0.2, -0.15) is 0 Å². The number of hydrogen-bond acceptors (Lipinski definition) is 2. The van der Waals surface area contributed by atoms with Crippen LogP contribution in [0.15, 0.2) is 28.6 Å². The quantitative estimate of drug-likeness (QED) is 0.552. The molecule has 0 aliphatic heterocycles. The fraction of sp³-hybridized carbons (Fsp3) is 0.375. The minimum Gasteiger partial charge on any atom is -0.510 e. The van der Waals surface area contributed by atoms with Crippen molar-refractivity contribution in [1.29, 1.82) is 0 Å².